The van der Waals surface area contributed by atoms with Crippen molar-refractivity contribution in [3.63, 3.8) is 0 Å². The number of alkyl halides is 3. The molecule has 0 unspecified atom stereocenters. The summed E-state index contributed by atoms with van der Waals surface area (Å²) in [6.45, 7) is 1.54. The van der Waals surface area contributed by atoms with Gasteiger partial charge in [-0.3, -0.25) is 9.69 Å². The molecule has 2 heterocycles. The first kappa shape index (κ1) is 25.3. The Kier molecular flexibility index (Phi) is 7.86. The topological polar surface area (TPSA) is 65.6 Å². The van der Waals surface area contributed by atoms with Crippen molar-refractivity contribution >= 4 is 11.6 Å². The van der Waals surface area contributed by atoms with E-state index in [2.05, 4.69) is 16.0 Å². The molecule has 4 rings (SSSR count). The van der Waals surface area contributed by atoms with E-state index in [4.69, 9.17) is 4.74 Å². The standard InChI is InChI=1S/C26H33F3N4O2/c1-35-23-6-3-2-5-22(23)24(34)32-25(13-4-14-30-17-25)31-21-9-7-19(8-10-21)20-11-15-33(16-12-20)18-26(27,28)29/h2-3,5-10,20,30-31H,4,11-18H2,1H3,(H,32,34)/t25-/m1/s1. The Morgan fingerprint density at radius 2 is 1.86 bits per heavy atom. The van der Waals surface area contributed by atoms with Gasteiger partial charge in [-0.05, 0) is 81.1 Å². The normalized spacial score (nSPS) is 21.9. The van der Waals surface area contributed by atoms with Crippen molar-refractivity contribution < 1.29 is 22.7 Å². The molecule has 0 aromatic heterocycles. The molecule has 1 amide bonds. The van der Waals surface area contributed by atoms with Gasteiger partial charge < -0.3 is 20.7 Å². The molecule has 9 heteroatoms. The highest BCUT2D eigenvalue weighted by Crippen LogP contribution is 2.31. The summed E-state index contributed by atoms with van der Waals surface area (Å²) in [7, 11) is 1.55. The van der Waals surface area contributed by atoms with Crippen molar-refractivity contribution in [2.75, 3.05) is 45.2 Å². The second-order valence-electron chi connectivity index (χ2n) is 9.43. The van der Waals surface area contributed by atoms with E-state index in [0.29, 0.717) is 43.8 Å². The number of amides is 1. The Balaban J connectivity index is 1.41. The summed E-state index contributed by atoms with van der Waals surface area (Å²) in [6.07, 6.45) is -1.05. The van der Waals surface area contributed by atoms with Crippen LogP contribution in [0.25, 0.3) is 0 Å². The van der Waals surface area contributed by atoms with Crippen LogP contribution in [0.15, 0.2) is 48.5 Å². The van der Waals surface area contributed by atoms with Crippen LogP contribution in [-0.2, 0) is 0 Å². The third-order valence-corrected chi connectivity index (χ3v) is 6.84. The molecule has 0 spiro atoms. The van der Waals surface area contributed by atoms with Crippen molar-refractivity contribution in [1.82, 2.24) is 15.5 Å². The maximum atomic E-state index is 13.1. The summed E-state index contributed by atoms with van der Waals surface area (Å²) in [5.41, 5.74) is 1.85. The predicted molar refractivity (Wildman–Crippen MR) is 130 cm³/mol. The number of likely N-dealkylation sites (tertiary alicyclic amines) is 1. The van der Waals surface area contributed by atoms with Crippen molar-refractivity contribution in [3.8, 4) is 5.75 Å². The fourth-order valence-electron chi connectivity index (χ4n) is 5.06. The van der Waals surface area contributed by atoms with Gasteiger partial charge in [-0.25, -0.2) is 0 Å². The number of rotatable bonds is 7. The summed E-state index contributed by atoms with van der Waals surface area (Å²) in [6, 6.07) is 15.2. The lowest BCUT2D eigenvalue weighted by Gasteiger charge is -2.40. The number of anilines is 1. The molecule has 2 fully saturated rings. The third kappa shape index (κ3) is 6.67. The Bertz CT molecular complexity index is 983. The van der Waals surface area contributed by atoms with Crippen LogP contribution in [0.4, 0.5) is 18.9 Å². The number of piperidine rings is 2. The monoisotopic (exact) mass is 490 g/mol. The van der Waals surface area contributed by atoms with Gasteiger partial charge in [0.2, 0.25) is 0 Å². The van der Waals surface area contributed by atoms with Crippen LogP contribution in [0.2, 0.25) is 0 Å². The summed E-state index contributed by atoms with van der Waals surface area (Å²) < 4.78 is 43.3. The van der Waals surface area contributed by atoms with E-state index in [0.717, 1.165) is 30.6 Å². The Labute approximate surface area is 204 Å². The van der Waals surface area contributed by atoms with Crippen molar-refractivity contribution in [2.24, 2.45) is 0 Å². The lowest BCUT2D eigenvalue weighted by molar-refractivity contribution is -0.147. The van der Waals surface area contributed by atoms with Crippen molar-refractivity contribution in [3.05, 3.63) is 59.7 Å². The van der Waals surface area contributed by atoms with E-state index < -0.39 is 18.4 Å². The third-order valence-electron chi connectivity index (χ3n) is 6.84. The molecule has 6 nitrogen and oxygen atoms in total. The quantitative estimate of drug-likeness (QED) is 0.504. The predicted octanol–water partition coefficient (Wildman–Crippen LogP) is 4.36. The summed E-state index contributed by atoms with van der Waals surface area (Å²) in [4.78, 5) is 14.6. The summed E-state index contributed by atoms with van der Waals surface area (Å²) in [5, 5.41) is 10.1. The zero-order chi connectivity index (χ0) is 24.9. The minimum absolute atomic E-state index is 0.208. The number of carbonyl (C=O) groups is 1. The Morgan fingerprint density at radius 1 is 1.14 bits per heavy atom. The highest BCUT2D eigenvalue weighted by Gasteiger charge is 2.35. The lowest BCUT2D eigenvalue weighted by atomic mass is 9.89. The van der Waals surface area contributed by atoms with Gasteiger partial charge in [0.25, 0.3) is 5.91 Å². The molecular formula is C26H33F3N4O2. The SMILES string of the molecule is COc1ccccc1C(=O)N[C@]1(Nc2ccc(C3CCN(CC(F)(F)F)CC3)cc2)CCCNC1. The highest BCUT2D eigenvalue weighted by atomic mass is 19.4. The van der Waals surface area contributed by atoms with Gasteiger partial charge in [-0.15, -0.1) is 0 Å². The fourth-order valence-corrected chi connectivity index (χ4v) is 5.06. The van der Waals surface area contributed by atoms with Crippen LogP contribution in [0.5, 0.6) is 5.75 Å². The first-order valence-electron chi connectivity index (χ1n) is 12.1. The minimum Gasteiger partial charge on any atom is -0.496 e. The number of para-hydroxylation sites is 1. The van der Waals surface area contributed by atoms with E-state index in [1.54, 1.807) is 19.2 Å². The van der Waals surface area contributed by atoms with Crippen LogP contribution < -0.4 is 20.7 Å². The first-order chi connectivity index (χ1) is 16.8. The molecule has 2 aromatic carbocycles. The van der Waals surface area contributed by atoms with E-state index in [1.807, 2.05) is 36.4 Å². The van der Waals surface area contributed by atoms with Crippen LogP contribution >= 0.6 is 0 Å². The smallest absolute Gasteiger partial charge is 0.401 e. The lowest BCUT2D eigenvalue weighted by Crippen LogP contribution is -2.62. The van der Waals surface area contributed by atoms with E-state index in [9.17, 15) is 18.0 Å². The molecule has 2 saturated heterocycles. The average molecular weight is 491 g/mol. The van der Waals surface area contributed by atoms with Crippen LogP contribution in [0.3, 0.4) is 0 Å². The molecular weight excluding hydrogens is 457 g/mol. The number of hydrogen-bond acceptors (Lipinski definition) is 5. The maximum Gasteiger partial charge on any atom is 0.401 e. The number of halogens is 3. The highest BCUT2D eigenvalue weighted by molar-refractivity contribution is 5.97. The minimum atomic E-state index is -4.15. The van der Waals surface area contributed by atoms with E-state index in [-0.39, 0.29) is 11.8 Å². The van der Waals surface area contributed by atoms with Gasteiger partial charge in [0, 0.05) is 12.2 Å². The second kappa shape index (κ2) is 10.9. The molecule has 0 radical (unpaired) electrons. The van der Waals surface area contributed by atoms with Crippen LogP contribution in [-0.4, -0.2) is 62.5 Å². The molecule has 35 heavy (non-hydrogen) atoms. The van der Waals surface area contributed by atoms with E-state index >= 15 is 0 Å². The Morgan fingerprint density at radius 3 is 2.49 bits per heavy atom. The number of carbonyl (C=O) groups excluding carboxylic acids is 1. The van der Waals surface area contributed by atoms with Gasteiger partial charge in [0.15, 0.2) is 0 Å². The van der Waals surface area contributed by atoms with Crippen molar-refractivity contribution in [2.45, 2.75) is 43.4 Å². The molecule has 0 saturated carbocycles. The number of hydrogen-bond donors (Lipinski definition) is 3. The molecule has 0 bridgehead atoms. The largest absolute Gasteiger partial charge is 0.496 e. The van der Waals surface area contributed by atoms with E-state index in [1.165, 1.54) is 4.90 Å². The molecule has 2 aromatic rings. The second-order valence-corrected chi connectivity index (χ2v) is 9.43. The number of nitrogens with zero attached hydrogens (tertiary/aromatic N) is 1. The van der Waals surface area contributed by atoms with Gasteiger partial charge in [-0.1, -0.05) is 24.3 Å². The number of methoxy groups -OCH3 is 1. The molecule has 1 atom stereocenters. The first-order valence-corrected chi connectivity index (χ1v) is 12.1. The number of benzene rings is 2. The zero-order valence-corrected chi connectivity index (χ0v) is 20.0. The van der Waals surface area contributed by atoms with Gasteiger partial charge >= 0.3 is 6.18 Å². The molecule has 0 aliphatic carbocycles. The fraction of sp³-hybridized carbons (Fsp3) is 0.500. The molecule has 190 valence electrons. The van der Waals surface area contributed by atoms with Gasteiger partial charge in [-0.2, -0.15) is 13.2 Å². The van der Waals surface area contributed by atoms with Crippen molar-refractivity contribution in [1.29, 1.82) is 0 Å². The summed E-state index contributed by atoms with van der Waals surface area (Å²) >= 11 is 0. The molecule has 3 N–H and O–H groups in total. The molecule has 2 aliphatic rings. The maximum absolute atomic E-state index is 13.1. The summed E-state index contributed by atoms with van der Waals surface area (Å²) in [5.74, 6) is 0.569. The average Bonchev–Trinajstić information content (AvgIpc) is 2.84. The van der Waals surface area contributed by atoms with Crippen LogP contribution in [0.1, 0.15) is 47.5 Å². The molecule has 2 aliphatic heterocycles. The Hall–Kier alpha value is -2.78. The van der Waals surface area contributed by atoms with Gasteiger partial charge in [0.05, 0.1) is 19.2 Å². The van der Waals surface area contributed by atoms with Gasteiger partial charge in [0.1, 0.15) is 11.4 Å². The number of nitrogens with one attached hydrogen (secondary N) is 3. The zero-order valence-electron chi connectivity index (χ0n) is 20.0. The van der Waals surface area contributed by atoms with Crippen LogP contribution in [0, 0.1) is 0 Å². The number of ether oxygens (including phenoxy) is 1.